The Balaban J connectivity index is 2.25. The fourth-order valence-corrected chi connectivity index (χ4v) is 3.58. The molecule has 0 unspecified atom stereocenters. The van der Waals surface area contributed by atoms with Crippen molar-refractivity contribution in [3.63, 3.8) is 0 Å². The minimum absolute atomic E-state index is 0.718. The van der Waals surface area contributed by atoms with E-state index in [4.69, 9.17) is 0 Å². The second kappa shape index (κ2) is 7.44. The first kappa shape index (κ1) is 15.1. The second-order valence-electron chi connectivity index (χ2n) is 7.07. The van der Waals surface area contributed by atoms with Crippen LogP contribution in [0.15, 0.2) is 0 Å². The van der Waals surface area contributed by atoms with Crippen LogP contribution >= 0.6 is 0 Å². The van der Waals surface area contributed by atoms with E-state index in [1.54, 1.807) is 0 Å². The number of hydrogen-bond acceptors (Lipinski definition) is 0. The molecule has 0 atom stereocenters. The average Bonchev–Trinajstić information content (AvgIpc) is 2.29. The van der Waals surface area contributed by atoms with Gasteiger partial charge in [0, 0.05) is 0 Å². The summed E-state index contributed by atoms with van der Waals surface area (Å²) in [6.45, 7) is 9.60. The van der Waals surface area contributed by atoms with E-state index in [1.165, 1.54) is 64.2 Å². The molecule has 0 nitrogen and oxygen atoms in total. The van der Waals surface area contributed by atoms with Crippen LogP contribution in [-0.4, -0.2) is 0 Å². The molecule has 0 heterocycles. The number of hydrogen-bond donors (Lipinski definition) is 0. The first-order valence-corrected chi connectivity index (χ1v) is 8.07. The Morgan fingerprint density at radius 3 is 2.00 bits per heavy atom. The average molecular weight is 238 g/mol. The summed E-state index contributed by atoms with van der Waals surface area (Å²) in [6, 6.07) is 0. The van der Waals surface area contributed by atoms with Crippen molar-refractivity contribution in [3.05, 3.63) is 0 Å². The summed E-state index contributed by atoms with van der Waals surface area (Å²) < 4.78 is 0. The Bertz CT molecular complexity index is 184. The zero-order chi connectivity index (χ0) is 12.7. The molecule has 1 aliphatic carbocycles. The summed E-state index contributed by atoms with van der Waals surface area (Å²) >= 11 is 0. The van der Waals surface area contributed by atoms with Crippen LogP contribution < -0.4 is 0 Å². The predicted molar refractivity (Wildman–Crippen MR) is 78.3 cm³/mol. The van der Waals surface area contributed by atoms with Crippen molar-refractivity contribution in [1.82, 2.24) is 0 Å². The van der Waals surface area contributed by atoms with Crippen molar-refractivity contribution in [2.75, 3.05) is 0 Å². The lowest BCUT2D eigenvalue weighted by molar-refractivity contribution is 0.101. The Labute approximate surface area is 110 Å². The molecule has 0 bridgehead atoms. The van der Waals surface area contributed by atoms with E-state index in [0.717, 1.165) is 17.3 Å². The van der Waals surface area contributed by atoms with Crippen molar-refractivity contribution in [2.24, 2.45) is 17.3 Å². The molecular weight excluding hydrogens is 204 g/mol. The van der Waals surface area contributed by atoms with E-state index in [-0.39, 0.29) is 0 Å². The molecule has 1 aliphatic rings. The highest BCUT2D eigenvalue weighted by molar-refractivity contribution is 4.85. The smallest absolute Gasteiger partial charge is 0.0274 e. The van der Waals surface area contributed by atoms with Gasteiger partial charge in [0.2, 0.25) is 0 Å². The lowest BCUT2D eigenvalue weighted by Gasteiger charge is -2.41. The van der Waals surface area contributed by atoms with Crippen LogP contribution in [0.5, 0.6) is 0 Å². The van der Waals surface area contributed by atoms with Crippen LogP contribution in [0.4, 0.5) is 0 Å². The van der Waals surface area contributed by atoms with E-state index in [0.29, 0.717) is 0 Å². The van der Waals surface area contributed by atoms with E-state index in [2.05, 4.69) is 27.7 Å². The highest BCUT2D eigenvalue weighted by Gasteiger charge is 2.34. The minimum Gasteiger partial charge on any atom is -0.0628 e. The normalized spacial score (nSPS) is 20.1. The quantitative estimate of drug-likeness (QED) is 0.463. The van der Waals surface area contributed by atoms with Crippen LogP contribution in [0.3, 0.4) is 0 Å². The molecule has 17 heavy (non-hydrogen) atoms. The van der Waals surface area contributed by atoms with Gasteiger partial charge < -0.3 is 0 Å². The molecule has 0 aromatic carbocycles. The summed E-state index contributed by atoms with van der Waals surface area (Å²) in [4.78, 5) is 0. The van der Waals surface area contributed by atoms with Gasteiger partial charge in [0.15, 0.2) is 0 Å². The summed E-state index contributed by atoms with van der Waals surface area (Å²) in [5, 5.41) is 0. The fraction of sp³-hybridized carbons (Fsp3) is 1.00. The third-order valence-electron chi connectivity index (χ3n) is 5.03. The molecule has 0 N–H and O–H groups in total. The van der Waals surface area contributed by atoms with Gasteiger partial charge in [-0.25, -0.2) is 0 Å². The topological polar surface area (TPSA) is 0 Å². The Hall–Kier alpha value is 0. The zero-order valence-corrected chi connectivity index (χ0v) is 12.7. The van der Waals surface area contributed by atoms with Crippen LogP contribution in [0.2, 0.25) is 0 Å². The minimum atomic E-state index is 0.718. The van der Waals surface area contributed by atoms with E-state index in [9.17, 15) is 0 Å². The van der Waals surface area contributed by atoms with Gasteiger partial charge >= 0.3 is 0 Å². The molecule has 1 rings (SSSR count). The predicted octanol–water partition coefficient (Wildman–Crippen LogP) is 6.20. The van der Waals surface area contributed by atoms with Gasteiger partial charge in [0.05, 0.1) is 0 Å². The highest BCUT2D eigenvalue weighted by Crippen LogP contribution is 2.46. The van der Waals surface area contributed by atoms with Crippen LogP contribution in [0.1, 0.15) is 91.9 Å². The molecule has 0 aromatic heterocycles. The van der Waals surface area contributed by atoms with E-state index < -0.39 is 0 Å². The molecule has 1 saturated carbocycles. The standard InChI is InChI=1S/C17H34/c1-15(2)11-7-5-8-12-17(16(3)4)13-9-6-10-14-17/h15-16H,5-14H2,1-4H3. The second-order valence-corrected chi connectivity index (χ2v) is 7.07. The molecule has 0 spiro atoms. The van der Waals surface area contributed by atoms with Crippen molar-refractivity contribution in [2.45, 2.75) is 91.9 Å². The van der Waals surface area contributed by atoms with Crippen molar-refractivity contribution >= 4 is 0 Å². The summed E-state index contributed by atoms with van der Waals surface area (Å²) in [6.07, 6.45) is 14.8. The van der Waals surface area contributed by atoms with Crippen molar-refractivity contribution < 1.29 is 0 Å². The lowest BCUT2D eigenvalue weighted by Crippen LogP contribution is -2.29. The molecule has 0 heteroatoms. The summed E-state index contributed by atoms with van der Waals surface area (Å²) in [7, 11) is 0. The molecule has 0 aromatic rings. The van der Waals surface area contributed by atoms with Gasteiger partial charge in [0.1, 0.15) is 0 Å². The van der Waals surface area contributed by atoms with Crippen LogP contribution in [0.25, 0.3) is 0 Å². The molecule has 0 radical (unpaired) electrons. The lowest BCUT2D eigenvalue weighted by atomic mass is 9.64. The Morgan fingerprint density at radius 2 is 1.47 bits per heavy atom. The third-order valence-corrected chi connectivity index (χ3v) is 5.03. The Kier molecular flexibility index (Phi) is 6.59. The maximum atomic E-state index is 2.46. The Morgan fingerprint density at radius 1 is 0.824 bits per heavy atom. The van der Waals surface area contributed by atoms with E-state index in [1.807, 2.05) is 0 Å². The van der Waals surface area contributed by atoms with Crippen molar-refractivity contribution in [3.8, 4) is 0 Å². The third kappa shape index (κ3) is 5.02. The maximum Gasteiger partial charge on any atom is -0.0274 e. The largest absolute Gasteiger partial charge is 0.0628 e. The zero-order valence-electron chi connectivity index (χ0n) is 12.7. The first-order valence-electron chi connectivity index (χ1n) is 8.07. The van der Waals surface area contributed by atoms with Crippen LogP contribution in [0, 0.1) is 17.3 Å². The van der Waals surface area contributed by atoms with Gasteiger partial charge in [-0.1, -0.05) is 72.6 Å². The highest BCUT2D eigenvalue weighted by atomic mass is 14.4. The molecule has 1 fully saturated rings. The monoisotopic (exact) mass is 238 g/mol. The summed E-state index contributed by atoms with van der Waals surface area (Å²) in [5.41, 5.74) is 0.718. The maximum absolute atomic E-state index is 2.46. The first-order chi connectivity index (χ1) is 8.07. The van der Waals surface area contributed by atoms with Crippen LogP contribution in [-0.2, 0) is 0 Å². The number of unbranched alkanes of at least 4 members (excludes halogenated alkanes) is 2. The molecule has 102 valence electrons. The van der Waals surface area contributed by atoms with Crippen molar-refractivity contribution in [1.29, 1.82) is 0 Å². The van der Waals surface area contributed by atoms with Gasteiger partial charge in [-0.2, -0.15) is 0 Å². The van der Waals surface area contributed by atoms with Gasteiger partial charge in [0.25, 0.3) is 0 Å². The van der Waals surface area contributed by atoms with Gasteiger partial charge in [-0.15, -0.1) is 0 Å². The molecule has 0 aliphatic heterocycles. The fourth-order valence-electron chi connectivity index (χ4n) is 3.58. The van der Waals surface area contributed by atoms with Gasteiger partial charge in [-0.3, -0.25) is 0 Å². The molecule has 0 saturated heterocycles. The molecular formula is C17H34. The molecule has 0 amide bonds. The number of rotatable bonds is 7. The van der Waals surface area contributed by atoms with E-state index >= 15 is 0 Å². The summed E-state index contributed by atoms with van der Waals surface area (Å²) in [5.74, 6) is 1.79. The van der Waals surface area contributed by atoms with Gasteiger partial charge in [-0.05, 0) is 36.5 Å². The SMILES string of the molecule is CC(C)CCCCCC1(C(C)C)CCCCC1.